The molecule has 0 aromatic heterocycles. The van der Waals surface area contributed by atoms with Crippen molar-refractivity contribution in [3.05, 3.63) is 0 Å². The number of nitrogens with one attached hydrogen (secondary N) is 1. The minimum Gasteiger partial charge on any atom is -0.314 e. The summed E-state index contributed by atoms with van der Waals surface area (Å²) in [6.45, 7) is 9.85. The average Bonchev–Trinajstić information content (AvgIpc) is 2.79. The Morgan fingerprint density at radius 1 is 0.895 bits per heavy atom. The van der Waals surface area contributed by atoms with E-state index in [4.69, 9.17) is 0 Å². The molecule has 1 aliphatic heterocycles. The lowest BCUT2D eigenvalue weighted by atomic mass is 9.84. The maximum absolute atomic E-state index is 3.72. The van der Waals surface area contributed by atoms with E-state index in [1.54, 1.807) is 0 Å². The van der Waals surface area contributed by atoms with Crippen LogP contribution in [0.3, 0.4) is 0 Å². The van der Waals surface area contributed by atoms with Crippen molar-refractivity contribution >= 4 is 0 Å². The zero-order valence-corrected chi connectivity index (χ0v) is 13.2. The van der Waals surface area contributed by atoms with Crippen molar-refractivity contribution in [2.45, 2.75) is 77.7 Å². The minimum atomic E-state index is 0.587. The Kier molecular flexibility index (Phi) is 6.15. The van der Waals surface area contributed by atoms with Crippen molar-refractivity contribution in [3.63, 3.8) is 0 Å². The molecule has 0 aromatic rings. The maximum atomic E-state index is 3.72. The van der Waals surface area contributed by atoms with E-state index in [0.717, 1.165) is 0 Å². The Morgan fingerprint density at radius 3 is 2.05 bits per heavy atom. The molecule has 1 saturated heterocycles. The van der Waals surface area contributed by atoms with Crippen LogP contribution in [0, 0.1) is 5.41 Å². The lowest BCUT2D eigenvalue weighted by Gasteiger charge is -2.37. The van der Waals surface area contributed by atoms with Gasteiger partial charge >= 0.3 is 0 Å². The molecule has 0 amide bonds. The maximum Gasteiger partial charge on any atom is 0.00501 e. The van der Waals surface area contributed by atoms with Crippen LogP contribution < -0.4 is 5.32 Å². The topological polar surface area (TPSA) is 15.3 Å². The van der Waals surface area contributed by atoms with E-state index in [-0.39, 0.29) is 0 Å². The van der Waals surface area contributed by atoms with Gasteiger partial charge in [0, 0.05) is 19.1 Å². The molecule has 2 aliphatic rings. The summed E-state index contributed by atoms with van der Waals surface area (Å²) in [6, 6.07) is 0.629. The van der Waals surface area contributed by atoms with E-state index < -0.39 is 0 Å². The number of hydrogen-bond donors (Lipinski definition) is 1. The summed E-state index contributed by atoms with van der Waals surface area (Å²) in [7, 11) is 0. The summed E-state index contributed by atoms with van der Waals surface area (Å²) in [5.41, 5.74) is 0.587. The van der Waals surface area contributed by atoms with Gasteiger partial charge in [0.05, 0.1) is 0 Å². The summed E-state index contributed by atoms with van der Waals surface area (Å²) >= 11 is 0. The fraction of sp³-hybridized carbons (Fsp3) is 1.00. The number of hydrogen-bond acceptors (Lipinski definition) is 2. The van der Waals surface area contributed by atoms with Gasteiger partial charge in [-0.25, -0.2) is 0 Å². The summed E-state index contributed by atoms with van der Waals surface area (Å²) in [4.78, 5) is 2.78. The highest BCUT2D eigenvalue weighted by Gasteiger charge is 2.35. The van der Waals surface area contributed by atoms with Crippen LogP contribution in [0.1, 0.15) is 71.6 Å². The molecule has 2 heteroatoms. The van der Waals surface area contributed by atoms with Gasteiger partial charge in [-0.3, -0.25) is 0 Å². The van der Waals surface area contributed by atoms with Gasteiger partial charge in [-0.1, -0.05) is 46.0 Å². The summed E-state index contributed by atoms with van der Waals surface area (Å²) < 4.78 is 0. The summed E-state index contributed by atoms with van der Waals surface area (Å²) in [5.74, 6) is 0. The Hall–Kier alpha value is -0.0800. The zero-order valence-electron chi connectivity index (χ0n) is 13.2. The van der Waals surface area contributed by atoms with Crippen molar-refractivity contribution in [2.75, 3.05) is 26.2 Å². The van der Waals surface area contributed by atoms with Crippen LogP contribution in [0.25, 0.3) is 0 Å². The third kappa shape index (κ3) is 5.07. The lowest BCUT2D eigenvalue weighted by molar-refractivity contribution is 0.137. The smallest absolute Gasteiger partial charge is 0.00501 e. The number of likely N-dealkylation sites (tertiary alicyclic amines) is 1. The predicted molar refractivity (Wildman–Crippen MR) is 83.6 cm³/mol. The third-order valence-corrected chi connectivity index (χ3v) is 5.06. The Morgan fingerprint density at radius 2 is 1.47 bits per heavy atom. The van der Waals surface area contributed by atoms with E-state index >= 15 is 0 Å². The lowest BCUT2D eigenvalue weighted by Crippen LogP contribution is -2.45. The van der Waals surface area contributed by atoms with E-state index in [9.17, 15) is 0 Å². The van der Waals surface area contributed by atoms with Gasteiger partial charge < -0.3 is 10.2 Å². The highest BCUT2D eigenvalue weighted by molar-refractivity contribution is 4.90. The molecular formula is C17H34N2. The summed E-state index contributed by atoms with van der Waals surface area (Å²) in [6.07, 6.45) is 13.0. The van der Waals surface area contributed by atoms with Gasteiger partial charge in [0.1, 0.15) is 0 Å². The van der Waals surface area contributed by atoms with Gasteiger partial charge in [0.2, 0.25) is 0 Å². The monoisotopic (exact) mass is 266 g/mol. The zero-order chi connectivity index (χ0) is 13.6. The first kappa shape index (κ1) is 15.3. The van der Waals surface area contributed by atoms with Crippen molar-refractivity contribution in [3.8, 4) is 0 Å². The van der Waals surface area contributed by atoms with E-state index in [1.165, 1.54) is 84.0 Å². The van der Waals surface area contributed by atoms with Crippen LogP contribution in [0.2, 0.25) is 0 Å². The minimum absolute atomic E-state index is 0.587. The first-order chi connectivity index (χ1) is 9.20. The highest BCUT2D eigenvalue weighted by Crippen LogP contribution is 2.38. The van der Waals surface area contributed by atoms with Crippen molar-refractivity contribution < 1.29 is 0 Å². The molecule has 1 saturated carbocycles. The molecule has 19 heavy (non-hydrogen) atoms. The second-order valence-corrected chi connectivity index (χ2v) is 7.29. The van der Waals surface area contributed by atoms with E-state index in [0.29, 0.717) is 11.5 Å². The van der Waals surface area contributed by atoms with Crippen LogP contribution >= 0.6 is 0 Å². The van der Waals surface area contributed by atoms with Crippen molar-refractivity contribution in [1.29, 1.82) is 0 Å². The molecule has 1 aliphatic carbocycles. The Balaban J connectivity index is 1.87. The normalized spacial score (nSPS) is 25.4. The highest BCUT2D eigenvalue weighted by atomic mass is 15.1. The van der Waals surface area contributed by atoms with Crippen LogP contribution in [0.4, 0.5) is 0 Å². The molecule has 1 heterocycles. The van der Waals surface area contributed by atoms with Crippen molar-refractivity contribution in [2.24, 2.45) is 5.41 Å². The van der Waals surface area contributed by atoms with Crippen LogP contribution in [0.5, 0.6) is 0 Å². The van der Waals surface area contributed by atoms with Crippen LogP contribution in [0.15, 0.2) is 0 Å². The molecule has 0 unspecified atom stereocenters. The van der Waals surface area contributed by atoms with Gasteiger partial charge in [0.15, 0.2) is 0 Å². The molecule has 2 nitrogen and oxygen atoms in total. The molecular weight excluding hydrogens is 232 g/mol. The molecule has 0 radical (unpaired) electrons. The molecule has 2 rings (SSSR count). The molecule has 0 bridgehead atoms. The Labute approximate surface area is 120 Å². The molecule has 0 spiro atoms. The van der Waals surface area contributed by atoms with E-state index in [1.807, 2.05) is 0 Å². The predicted octanol–water partition coefficient (Wildman–Crippen LogP) is 3.81. The first-order valence-corrected chi connectivity index (χ1v) is 8.66. The number of nitrogens with zero attached hydrogens (tertiary/aromatic N) is 1. The second kappa shape index (κ2) is 7.64. The van der Waals surface area contributed by atoms with Gasteiger partial charge in [0.25, 0.3) is 0 Å². The second-order valence-electron chi connectivity index (χ2n) is 7.29. The number of rotatable bonds is 5. The fourth-order valence-electron chi connectivity index (χ4n) is 3.88. The first-order valence-electron chi connectivity index (χ1n) is 8.66. The van der Waals surface area contributed by atoms with Crippen molar-refractivity contribution in [1.82, 2.24) is 10.2 Å². The molecule has 112 valence electrons. The average molecular weight is 266 g/mol. The standard InChI is InChI=1S/C17H34N2/c1-16(2)18-14-17(10-6-7-11-17)15-19-12-8-4-3-5-9-13-19/h16,18H,3-15H2,1-2H3. The SMILES string of the molecule is CC(C)NCC1(CN2CCCCCCC2)CCCC1. The third-order valence-electron chi connectivity index (χ3n) is 5.06. The van der Waals surface area contributed by atoms with Gasteiger partial charge in [-0.2, -0.15) is 0 Å². The molecule has 2 fully saturated rings. The van der Waals surface area contributed by atoms with Gasteiger partial charge in [-0.15, -0.1) is 0 Å². The quantitative estimate of drug-likeness (QED) is 0.814. The Bertz CT molecular complexity index is 236. The molecule has 0 atom stereocenters. The summed E-state index contributed by atoms with van der Waals surface area (Å²) in [5, 5.41) is 3.72. The fourth-order valence-corrected chi connectivity index (χ4v) is 3.88. The molecule has 1 N–H and O–H groups in total. The van der Waals surface area contributed by atoms with Gasteiger partial charge in [-0.05, 0) is 44.2 Å². The molecule has 0 aromatic carbocycles. The van der Waals surface area contributed by atoms with E-state index in [2.05, 4.69) is 24.1 Å². The largest absolute Gasteiger partial charge is 0.314 e. The van der Waals surface area contributed by atoms with Crippen LogP contribution in [-0.4, -0.2) is 37.1 Å². The van der Waals surface area contributed by atoms with Crippen LogP contribution in [-0.2, 0) is 0 Å².